The van der Waals surface area contributed by atoms with Gasteiger partial charge in [-0.25, -0.2) is 17.5 Å². The lowest BCUT2D eigenvalue weighted by atomic mass is 10.3. The second kappa shape index (κ2) is 5.64. The van der Waals surface area contributed by atoms with Crippen molar-refractivity contribution < 1.29 is 12.8 Å². The van der Waals surface area contributed by atoms with Gasteiger partial charge in [0.15, 0.2) is 0 Å². The Balaban J connectivity index is 2.97. The number of sulfonamides is 1. The van der Waals surface area contributed by atoms with E-state index in [-0.39, 0.29) is 16.6 Å². The predicted molar refractivity (Wildman–Crippen MR) is 69.1 cm³/mol. The van der Waals surface area contributed by atoms with Crippen LogP contribution in [0.1, 0.15) is 6.92 Å². The Bertz CT molecular complexity index is 517. The molecule has 0 aliphatic rings. The molecular formula is C11H18FN3O2S. The maximum absolute atomic E-state index is 13.2. The largest absolute Gasteiger partial charge is 0.395 e. The molecule has 1 atom stereocenters. The van der Waals surface area contributed by atoms with Crippen molar-refractivity contribution in [3.63, 3.8) is 0 Å². The molecule has 0 radical (unpaired) electrons. The third-order valence-corrected chi connectivity index (χ3v) is 3.95. The van der Waals surface area contributed by atoms with E-state index < -0.39 is 15.8 Å². The molecule has 7 heteroatoms. The van der Waals surface area contributed by atoms with Crippen LogP contribution in [0.25, 0.3) is 0 Å². The lowest BCUT2D eigenvalue weighted by molar-refractivity contribution is 0.370. The van der Waals surface area contributed by atoms with E-state index in [1.807, 2.05) is 19.0 Å². The smallest absolute Gasteiger partial charge is 0.243 e. The molecule has 0 saturated heterocycles. The van der Waals surface area contributed by atoms with Crippen LogP contribution in [0, 0.1) is 5.82 Å². The van der Waals surface area contributed by atoms with Gasteiger partial charge in [-0.15, -0.1) is 0 Å². The summed E-state index contributed by atoms with van der Waals surface area (Å²) in [6.07, 6.45) is 0. The Morgan fingerprint density at radius 3 is 2.61 bits per heavy atom. The van der Waals surface area contributed by atoms with Crippen LogP contribution in [0.5, 0.6) is 0 Å². The molecule has 0 aromatic heterocycles. The van der Waals surface area contributed by atoms with Crippen molar-refractivity contribution >= 4 is 15.7 Å². The van der Waals surface area contributed by atoms with Crippen molar-refractivity contribution in [2.75, 3.05) is 26.4 Å². The topological polar surface area (TPSA) is 75.4 Å². The molecule has 18 heavy (non-hydrogen) atoms. The molecule has 102 valence electrons. The summed E-state index contributed by atoms with van der Waals surface area (Å²) < 4.78 is 39.7. The lowest BCUT2D eigenvalue weighted by Crippen LogP contribution is -2.39. The van der Waals surface area contributed by atoms with Crippen LogP contribution >= 0.6 is 0 Å². The third kappa shape index (κ3) is 3.66. The highest BCUT2D eigenvalue weighted by molar-refractivity contribution is 7.89. The molecule has 1 unspecified atom stereocenters. The van der Waals surface area contributed by atoms with Gasteiger partial charge in [-0.1, -0.05) is 6.07 Å². The van der Waals surface area contributed by atoms with E-state index in [0.717, 1.165) is 6.07 Å². The van der Waals surface area contributed by atoms with Crippen molar-refractivity contribution in [1.29, 1.82) is 0 Å². The summed E-state index contributed by atoms with van der Waals surface area (Å²) in [5, 5.41) is 0. The summed E-state index contributed by atoms with van der Waals surface area (Å²) in [5.74, 6) is -0.738. The van der Waals surface area contributed by atoms with Gasteiger partial charge in [-0.2, -0.15) is 0 Å². The van der Waals surface area contributed by atoms with Crippen LogP contribution in [0.4, 0.5) is 10.1 Å². The van der Waals surface area contributed by atoms with Crippen LogP contribution in [0.3, 0.4) is 0 Å². The van der Waals surface area contributed by atoms with Gasteiger partial charge in [0.1, 0.15) is 10.7 Å². The number of nitrogens with zero attached hydrogens (tertiary/aromatic N) is 1. The Kier molecular flexibility index (Phi) is 4.66. The molecule has 0 amide bonds. The second-order valence-corrected chi connectivity index (χ2v) is 6.12. The van der Waals surface area contributed by atoms with Crippen molar-refractivity contribution in [3.05, 3.63) is 24.0 Å². The third-order valence-electron chi connectivity index (χ3n) is 2.30. The van der Waals surface area contributed by atoms with Crippen LogP contribution in [0.2, 0.25) is 0 Å². The number of nitrogen functional groups attached to an aromatic ring is 1. The fraction of sp³-hybridized carbons (Fsp3) is 0.455. The summed E-state index contributed by atoms with van der Waals surface area (Å²) in [4.78, 5) is 1.62. The number of anilines is 1. The van der Waals surface area contributed by atoms with Gasteiger partial charge in [-0.3, -0.25) is 0 Å². The molecule has 0 bridgehead atoms. The van der Waals surface area contributed by atoms with Gasteiger partial charge in [0, 0.05) is 12.6 Å². The SMILES string of the molecule is CC(CN(C)C)NS(=O)(=O)c1cccc(F)c1N. The first-order valence-corrected chi connectivity index (χ1v) is 6.93. The minimum absolute atomic E-state index is 0.229. The maximum Gasteiger partial charge on any atom is 0.243 e. The first-order valence-electron chi connectivity index (χ1n) is 5.45. The monoisotopic (exact) mass is 275 g/mol. The zero-order chi connectivity index (χ0) is 13.9. The summed E-state index contributed by atoms with van der Waals surface area (Å²) in [6.45, 7) is 2.27. The van der Waals surface area contributed by atoms with E-state index in [2.05, 4.69) is 4.72 Å². The molecule has 1 aromatic rings. The highest BCUT2D eigenvalue weighted by atomic mass is 32.2. The summed E-state index contributed by atoms with van der Waals surface area (Å²) in [5.41, 5.74) is 5.08. The molecule has 3 N–H and O–H groups in total. The molecule has 0 aliphatic carbocycles. The van der Waals surface area contributed by atoms with Crippen molar-refractivity contribution in [3.8, 4) is 0 Å². The quantitative estimate of drug-likeness (QED) is 0.773. The van der Waals surface area contributed by atoms with Crippen molar-refractivity contribution in [1.82, 2.24) is 9.62 Å². The number of hydrogen-bond acceptors (Lipinski definition) is 4. The molecular weight excluding hydrogens is 257 g/mol. The maximum atomic E-state index is 13.2. The number of likely N-dealkylation sites (N-methyl/N-ethyl adjacent to an activating group) is 1. The van der Waals surface area contributed by atoms with Gasteiger partial charge in [0.2, 0.25) is 10.0 Å². The zero-order valence-corrected chi connectivity index (χ0v) is 11.5. The zero-order valence-electron chi connectivity index (χ0n) is 10.6. The van der Waals surface area contributed by atoms with Crippen molar-refractivity contribution in [2.45, 2.75) is 17.9 Å². The number of halogens is 1. The number of nitrogens with two attached hydrogens (primary N) is 1. The average molecular weight is 275 g/mol. The minimum Gasteiger partial charge on any atom is -0.395 e. The molecule has 0 heterocycles. The van der Waals surface area contributed by atoms with E-state index in [1.54, 1.807) is 6.92 Å². The molecule has 1 rings (SSSR count). The van der Waals surface area contributed by atoms with Gasteiger partial charge in [0.05, 0.1) is 5.69 Å². The summed E-state index contributed by atoms with van der Waals surface area (Å²) >= 11 is 0. The Hall–Kier alpha value is -1.18. The summed E-state index contributed by atoms with van der Waals surface area (Å²) in [6, 6.07) is 3.42. The standard InChI is InChI=1S/C11H18FN3O2S/c1-8(7-15(2)3)14-18(16,17)10-6-4-5-9(12)11(10)13/h4-6,8,14H,7,13H2,1-3H3. The number of benzene rings is 1. The van der Waals surface area contributed by atoms with Gasteiger partial charge >= 0.3 is 0 Å². The predicted octanol–water partition coefficient (Wildman–Crippen LogP) is 0.636. The number of rotatable bonds is 5. The van der Waals surface area contributed by atoms with Crippen LogP contribution in [-0.4, -0.2) is 40.0 Å². The molecule has 0 saturated carbocycles. The van der Waals surface area contributed by atoms with Crippen LogP contribution < -0.4 is 10.5 Å². The Morgan fingerprint density at radius 2 is 2.06 bits per heavy atom. The fourth-order valence-corrected chi connectivity index (χ4v) is 3.04. The van der Waals surface area contributed by atoms with Gasteiger partial charge in [-0.05, 0) is 33.2 Å². The van der Waals surface area contributed by atoms with E-state index in [1.165, 1.54) is 12.1 Å². The number of hydrogen-bond donors (Lipinski definition) is 2. The molecule has 0 fully saturated rings. The molecule has 0 aliphatic heterocycles. The highest BCUT2D eigenvalue weighted by Crippen LogP contribution is 2.20. The molecule has 0 spiro atoms. The summed E-state index contributed by atoms with van der Waals surface area (Å²) in [7, 11) is -0.131. The first kappa shape index (κ1) is 14.9. The van der Waals surface area contributed by atoms with E-state index >= 15 is 0 Å². The minimum atomic E-state index is -3.80. The molecule has 1 aromatic carbocycles. The van der Waals surface area contributed by atoms with E-state index in [4.69, 9.17) is 5.73 Å². The number of nitrogens with one attached hydrogen (secondary N) is 1. The Morgan fingerprint density at radius 1 is 1.44 bits per heavy atom. The second-order valence-electron chi connectivity index (χ2n) is 4.44. The van der Waals surface area contributed by atoms with Crippen LogP contribution in [-0.2, 0) is 10.0 Å². The van der Waals surface area contributed by atoms with Gasteiger partial charge in [0.25, 0.3) is 0 Å². The van der Waals surface area contributed by atoms with Crippen LogP contribution in [0.15, 0.2) is 23.1 Å². The first-order chi connectivity index (χ1) is 8.24. The van der Waals surface area contributed by atoms with E-state index in [9.17, 15) is 12.8 Å². The normalized spacial score (nSPS) is 13.8. The Labute approximate surface area is 107 Å². The fourth-order valence-electron chi connectivity index (χ4n) is 1.66. The van der Waals surface area contributed by atoms with E-state index in [0.29, 0.717) is 6.54 Å². The average Bonchev–Trinajstić information content (AvgIpc) is 2.19. The molecule has 5 nitrogen and oxygen atoms in total. The van der Waals surface area contributed by atoms with Gasteiger partial charge < -0.3 is 10.6 Å². The highest BCUT2D eigenvalue weighted by Gasteiger charge is 2.21. The number of para-hydroxylation sites is 1. The van der Waals surface area contributed by atoms with Crippen molar-refractivity contribution in [2.24, 2.45) is 0 Å². The lowest BCUT2D eigenvalue weighted by Gasteiger charge is -2.18.